The van der Waals surface area contributed by atoms with Gasteiger partial charge in [-0.3, -0.25) is 0 Å². The van der Waals surface area contributed by atoms with Gasteiger partial charge in [-0.15, -0.1) is 11.3 Å². The van der Waals surface area contributed by atoms with E-state index in [1.54, 1.807) is 0 Å². The topological polar surface area (TPSA) is 15.3 Å². The number of piperidine rings is 1. The van der Waals surface area contributed by atoms with Crippen molar-refractivity contribution in [2.24, 2.45) is 5.92 Å². The summed E-state index contributed by atoms with van der Waals surface area (Å²) in [6.07, 6.45) is 1.27. The van der Waals surface area contributed by atoms with Crippen LogP contribution in [0.25, 0.3) is 0 Å². The fourth-order valence-electron chi connectivity index (χ4n) is 2.69. The summed E-state index contributed by atoms with van der Waals surface area (Å²) in [6, 6.07) is 5.64. The molecule has 3 unspecified atom stereocenters. The summed E-state index contributed by atoms with van der Waals surface area (Å²) in [4.78, 5) is 5.31. The Kier molecular flexibility index (Phi) is 4.23. The molecule has 1 aliphatic rings. The van der Waals surface area contributed by atoms with Crippen molar-refractivity contribution < 1.29 is 0 Å². The summed E-state index contributed by atoms with van der Waals surface area (Å²) < 4.78 is 0. The lowest BCUT2D eigenvalue weighted by atomic mass is 9.93. The van der Waals surface area contributed by atoms with E-state index >= 15 is 0 Å². The number of nitrogens with one attached hydrogen (secondary N) is 1. The Labute approximate surface area is 109 Å². The van der Waals surface area contributed by atoms with Gasteiger partial charge in [0.15, 0.2) is 0 Å². The Morgan fingerprint density at radius 1 is 1.47 bits per heavy atom. The number of aryl methyl sites for hydroxylation is 1. The minimum absolute atomic E-state index is 0.490. The van der Waals surface area contributed by atoms with E-state index in [1.807, 2.05) is 11.3 Å². The quantitative estimate of drug-likeness (QED) is 0.889. The highest BCUT2D eigenvalue weighted by Gasteiger charge is 2.25. The molecule has 1 aliphatic heterocycles. The SMILES string of the molecule is Cc1ccc(C(C)NC2CCN(C)CC2C)s1. The molecule has 3 heteroatoms. The van der Waals surface area contributed by atoms with Crippen molar-refractivity contribution in [2.45, 2.75) is 39.3 Å². The van der Waals surface area contributed by atoms with Crippen LogP contribution in [0.1, 0.15) is 36.1 Å². The van der Waals surface area contributed by atoms with E-state index in [1.165, 1.54) is 29.3 Å². The van der Waals surface area contributed by atoms with Gasteiger partial charge in [0.05, 0.1) is 0 Å². The molecule has 0 amide bonds. The van der Waals surface area contributed by atoms with Gasteiger partial charge < -0.3 is 10.2 Å². The van der Waals surface area contributed by atoms with Gasteiger partial charge >= 0.3 is 0 Å². The van der Waals surface area contributed by atoms with E-state index < -0.39 is 0 Å². The largest absolute Gasteiger partial charge is 0.306 e. The zero-order valence-electron chi connectivity index (χ0n) is 11.4. The van der Waals surface area contributed by atoms with Crippen LogP contribution in [0.15, 0.2) is 12.1 Å². The van der Waals surface area contributed by atoms with Gasteiger partial charge in [-0.2, -0.15) is 0 Å². The van der Waals surface area contributed by atoms with E-state index in [-0.39, 0.29) is 0 Å². The molecule has 2 rings (SSSR count). The standard InChI is InChI=1S/C14H24N2S/c1-10-9-16(4)8-7-13(10)15-12(3)14-6-5-11(2)17-14/h5-6,10,12-13,15H,7-9H2,1-4H3. The Balaban J connectivity index is 1.92. The molecule has 1 N–H and O–H groups in total. The molecule has 1 aromatic heterocycles. The molecule has 96 valence electrons. The number of thiophene rings is 1. The third-order valence-corrected chi connectivity index (χ3v) is 4.94. The molecule has 1 saturated heterocycles. The first-order chi connectivity index (χ1) is 8.06. The van der Waals surface area contributed by atoms with Gasteiger partial charge in [0.25, 0.3) is 0 Å². The van der Waals surface area contributed by atoms with Crippen LogP contribution in [-0.2, 0) is 0 Å². The van der Waals surface area contributed by atoms with Gasteiger partial charge in [0, 0.05) is 28.4 Å². The van der Waals surface area contributed by atoms with Crippen LogP contribution in [0.2, 0.25) is 0 Å². The zero-order valence-corrected chi connectivity index (χ0v) is 12.2. The smallest absolute Gasteiger partial charge is 0.0388 e. The first-order valence-corrected chi connectivity index (χ1v) is 7.39. The predicted molar refractivity (Wildman–Crippen MR) is 75.7 cm³/mol. The molecule has 0 aromatic carbocycles. The molecule has 17 heavy (non-hydrogen) atoms. The first kappa shape index (κ1) is 13.1. The Morgan fingerprint density at radius 2 is 2.24 bits per heavy atom. The average Bonchev–Trinajstić information content (AvgIpc) is 2.69. The molecule has 2 heterocycles. The maximum absolute atomic E-state index is 3.80. The minimum atomic E-state index is 0.490. The maximum atomic E-state index is 3.80. The van der Waals surface area contributed by atoms with Crippen molar-refractivity contribution in [3.63, 3.8) is 0 Å². The van der Waals surface area contributed by atoms with Gasteiger partial charge in [0.1, 0.15) is 0 Å². The molecule has 0 bridgehead atoms. The van der Waals surface area contributed by atoms with Crippen LogP contribution in [0, 0.1) is 12.8 Å². The summed E-state index contributed by atoms with van der Waals surface area (Å²) in [5.41, 5.74) is 0. The summed E-state index contributed by atoms with van der Waals surface area (Å²) in [7, 11) is 2.22. The lowest BCUT2D eigenvalue weighted by molar-refractivity contribution is 0.168. The number of nitrogens with zero attached hydrogens (tertiary/aromatic N) is 1. The van der Waals surface area contributed by atoms with Crippen molar-refractivity contribution in [2.75, 3.05) is 20.1 Å². The molecular formula is C14H24N2S. The van der Waals surface area contributed by atoms with E-state index in [0.717, 1.165) is 5.92 Å². The molecule has 0 spiro atoms. The normalized spacial score (nSPS) is 28.2. The summed E-state index contributed by atoms with van der Waals surface area (Å²) in [5.74, 6) is 0.747. The number of likely N-dealkylation sites (tertiary alicyclic amines) is 1. The third-order valence-electron chi connectivity index (χ3n) is 3.76. The number of hydrogen-bond donors (Lipinski definition) is 1. The van der Waals surface area contributed by atoms with Crippen molar-refractivity contribution >= 4 is 11.3 Å². The van der Waals surface area contributed by atoms with E-state index in [4.69, 9.17) is 0 Å². The van der Waals surface area contributed by atoms with E-state index in [0.29, 0.717) is 12.1 Å². The van der Waals surface area contributed by atoms with Crippen molar-refractivity contribution in [3.05, 3.63) is 21.9 Å². The van der Waals surface area contributed by atoms with Crippen molar-refractivity contribution in [1.29, 1.82) is 0 Å². The van der Waals surface area contributed by atoms with Gasteiger partial charge in [0.2, 0.25) is 0 Å². The predicted octanol–water partition coefficient (Wildman–Crippen LogP) is 3.05. The Morgan fingerprint density at radius 3 is 2.82 bits per heavy atom. The molecular weight excluding hydrogens is 228 g/mol. The van der Waals surface area contributed by atoms with E-state index in [9.17, 15) is 0 Å². The van der Waals surface area contributed by atoms with Gasteiger partial charge in [-0.25, -0.2) is 0 Å². The molecule has 0 saturated carbocycles. The first-order valence-electron chi connectivity index (χ1n) is 6.57. The molecule has 1 fully saturated rings. The fourth-order valence-corrected chi connectivity index (χ4v) is 3.58. The highest BCUT2D eigenvalue weighted by Crippen LogP contribution is 2.25. The maximum Gasteiger partial charge on any atom is 0.0388 e. The Hall–Kier alpha value is -0.380. The van der Waals surface area contributed by atoms with Crippen LogP contribution in [0.4, 0.5) is 0 Å². The highest BCUT2D eigenvalue weighted by molar-refractivity contribution is 7.12. The van der Waals surface area contributed by atoms with Crippen LogP contribution in [-0.4, -0.2) is 31.1 Å². The van der Waals surface area contributed by atoms with Crippen molar-refractivity contribution in [3.8, 4) is 0 Å². The van der Waals surface area contributed by atoms with Crippen LogP contribution < -0.4 is 5.32 Å². The summed E-state index contributed by atoms with van der Waals surface area (Å²) in [5, 5.41) is 3.80. The Bertz CT molecular complexity index is 361. The molecule has 0 aliphatic carbocycles. The van der Waals surface area contributed by atoms with Crippen LogP contribution in [0.3, 0.4) is 0 Å². The second kappa shape index (κ2) is 5.51. The fraction of sp³-hybridized carbons (Fsp3) is 0.714. The second-order valence-corrected chi connectivity index (χ2v) is 6.79. The summed E-state index contributed by atoms with van der Waals surface area (Å²) in [6.45, 7) is 9.27. The second-order valence-electron chi connectivity index (χ2n) is 5.47. The molecule has 0 radical (unpaired) electrons. The number of rotatable bonds is 3. The molecule has 3 atom stereocenters. The van der Waals surface area contributed by atoms with Crippen LogP contribution in [0.5, 0.6) is 0 Å². The monoisotopic (exact) mass is 252 g/mol. The molecule has 1 aromatic rings. The molecule has 2 nitrogen and oxygen atoms in total. The van der Waals surface area contributed by atoms with Crippen LogP contribution >= 0.6 is 11.3 Å². The lowest BCUT2D eigenvalue weighted by Crippen LogP contribution is -2.47. The summed E-state index contributed by atoms with van der Waals surface area (Å²) >= 11 is 1.91. The zero-order chi connectivity index (χ0) is 12.4. The minimum Gasteiger partial charge on any atom is -0.306 e. The number of hydrogen-bond acceptors (Lipinski definition) is 3. The van der Waals surface area contributed by atoms with E-state index in [2.05, 4.69) is 50.2 Å². The highest BCUT2D eigenvalue weighted by atomic mass is 32.1. The average molecular weight is 252 g/mol. The van der Waals surface area contributed by atoms with Crippen molar-refractivity contribution in [1.82, 2.24) is 10.2 Å². The van der Waals surface area contributed by atoms with Gasteiger partial charge in [-0.05, 0) is 51.9 Å². The lowest BCUT2D eigenvalue weighted by Gasteiger charge is -2.36. The third kappa shape index (κ3) is 3.30. The van der Waals surface area contributed by atoms with Gasteiger partial charge in [-0.1, -0.05) is 6.92 Å².